The minimum atomic E-state index is -0.467. The van der Waals surface area contributed by atoms with Crippen LogP contribution in [0.15, 0.2) is 109 Å². The highest BCUT2D eigenvalue weighted by molar-refractivity contribution is 5.80. The molecule has 0 atom stereocenters. The van der Waals surface area contributed by atoms with Crippen molar-refractivity contribution in [1.29, 1.82) is 0 Å². The van der Waals surface area contributed by atoms with E-state index < -0.39 is 11.9 Å². The van der Waals surface area contributed by atoms with Gasteiger partial charge in [0, 0.05) is 0 Å². The highest BCUT2D eigenvalue weighted by Gasteiger charge is 2.11. The summed E-state index contributed by atoms with van der Waals surface area (Å²) in [5.41, 5.74) is 4.70. The van der Waals surface area contributed by atoms with E-state index in [-0.39, 0.29) is 12.8 Å². The van der Waals surface area contributed by atoms with Crippen molar-refractivity contribution in [3.8, 4) is 11.5 Å². The van der Waals surface area contributed by atoms with Gasteiger partial charge in [0.25, 0.3) is 0 Å². The molecule has 4 aromatic carbocycles. The molecule has 0 amide bonds. The van der Waals surface area contributed by atoms with Crippen LogP contribution in [0.4, 0.5) is 0 Å². The molecule has 4 heteroatoms. The van der Waals surface area contributed by atoms with E-state index in [4.69, 9.17) is 9.47 Å². The van der Waals surface area contributed by atoms with Gasteiger partial charge in [0.15, 0.2) is 0 Å². The molecule has 0 radical (unpaired) electrons. The number of hydrogen-bond donors (Lipinski definition) is 0. The summed E-state index contributed by atoms with van der Waals surface area (Å²) in [7, 11) is 0. The van der Waals surface area contributed by atoms with Crippen molar-refractivity contribution in [2.24, 2.45) is 0 Å². The zero-order valence-corrected chi connectivity index (χ0v) is 18.9. The molecule has 0 N–H and O–H groups in total. The standard InChI is InChI=1S/C30H26O4/c31-29(33-27-15-11-25(12-16-27)21-23-7-3-1-4-8-23)19-20-30(32)34-28-17-13-26(14-18-28)22-24-9-5-2-6-10-24/h1-18H,19-22H2. The Bertz CT molecular complexity index is 1100. The molecule has 0 saturated carbocycles. The normalized spacial score (nSPS) is 10.5. The van der Waals surface area contributed by atoms with Crippen LogP contribution >= 0.6 is 0 Å². The smallest absolute Gasteiger partial charge is 0.311 e. The Balaban J connectivity index is 1.20. The van der Waals surface area contributed by atoms with Crippen LogP contribution in [0.3, 0.4) is 0 Å². The first-order valence-electron chi connectivity index (χ1n) is 11.3. The van der Waals surface area contributed by atoms with Gasteiger partial charge in [-0.25, -0.2) is 0 Å². The van der Waals surface area contributed by atoms with Crippen molar-refractivity contribution in [3.63, 3.8) is 0 Å². The van der Waals surface area contributed by atoms with Crippen molar-refractivity contribution < 1.29 is 19.1 Å². The van der Waals surface area contributed by atoms with Crippen molar-refractivity contribution in [2.75, 3.05) is 0 Å². The zero-order valence-electron chi connectivity index (χ0n) is 18.9. The molecule has 0 saturated heterocycles. The number of hydrogen-bond acceptors (Lipinski definition) is 4. The Morgan fingerprint density at radius 1 is 0.441 bits per heavy atom. The molecule has 4 rings (SSSR count). The molecule has 0 bridgehead atoms. The lowest BCUT2D eigenvalue weighted by atomic mass is 10.1. The molecule has 0 heterocycles. The average Bonchev–Trinajstić information content (AvgIpc) is 2.86. The van der Waals surface area contributed by atoms with Gasteiger partial charge >= 0.3 is 11.9 Å². The summed E-state index contributed by atoms with van der Waals surface area (Å²) in [5.74, 6) is -0.00898. The third kappa shape index (κ3) is 7.17. The fourth-order valence-corrected chi connectivity index (χ4v) is 3.58. The number of carbonyl (C=O) groups is 2. The van der Waals surface area contributed by atoms with Crippen LogP contribution in [0.1, 0.15) is 35.1 Å². The molecule has 170 valence electrons. The van der Waals surface area contributed by atoms with Gasteiger partial charge in [0.2, 0.25) is 0 Å². The van der Waals surface area contributed by atoms with E-state index in [1.165, 1.54) is 11.1 Å². The molecule has 0 spiro atoms. The maximum atomic E-state index is 12.1. The Hall–Kier alpha value is -4.18. The maximum absolute atomic E-state index is 12.1. The van der Waals surface area contributed by atoms with Crippen LogP contribution in [-0.2, 0) is 22.4 Å². The summed E-state index contributed by atoms with van der Waals surface area (Å²) < 4.78 is 10.7. The maximum Gasteiger partial charge on any atom is 0.311 e. The number of carbonyl (C=O) groups excluding carboxylic acids is 2. The minimum Gasteiger partial charge on any atom is -0.427 e. The summed E-state index contributed by atoms with van der Waals surface area (Å²) in [4.78, 5) is 24.3. The van der Waals surface area contributed by atoms with E-state index >= 15 is 0 Å². The fourth-order valence-electron chi connectivity index (χ4n) is 3.58. The van der Waals surface area contributed by atoms with E-state index in [1.54, 1.807) is 24.3 Å². The highest BCUT2D eigenvalue weighted by Crippen LogP contribution is 2.18. The van der Waals surface area contributed by atoms with Crippen LogP contribution in [-0.4, -0.2) is 11.9 Å². The summed E-state index contributed by atoms with van der Waals surface area (Å²) >= 11 is 0. The lowest BCUT2D eigenvalue weighted by Gasteiger charge is -2.07. The van der Waals surface area contributed by atoms with Crippen molar-refractivity contribution in [3.05, 3.63) is 131 Å². The van der Waals surface area contributed by atoms with Gasteiger partial charge in [-0.3, -0.25) is 9.59 Å². The zero-order chi connectivity index (χ0) is 23.6. The van der Waals surface area contributed by atoms with Gasteiger partial charge in [-0.15, -0.1) is 0 Å². The highest BCUT2D eigenvalue weighted by atomic mass is 16.5. The van der Waals surface area contributed by atoms with Crippen molar-refractivity contribution >= 4 is 11.9 Å². The summed E-state index contributed by atoms with van der Waals surface area (Å²) in [5, 5.41) is 0. The number of benzene rings is 4. The van der Waals surface area contributed by atoms with E-state index in [9.17, 15) is 9.59 Å². The molecule has 0 unspecified atom stereocenters. The first-order chi connectivity index (χ1) is 16.6. The Morgan fingerprint density at radius 3 is 1.12 bits per heavy atom. The number of ether oxygens (including phenoxy) is 2. The fraction of sp³-hybridized carbons (Fsp3) is 0.133. The van der Waals surface area contributed by atoms with Crippen LogP contribution in [0.2, 0.25) is 0 Å². The average molecular weight is 451 g/mol. The molecular weight excluding hydrogens is 424 g/mol. The molecule has 0 aliphatic heterocycles. The van der Waals surface area contributed by atoms with E-state index in [1.807, 2.05) is 60.7 Å². The van der Waals surface area contributed by atoms with Crippen LogP contribution < -0.4 is 9.47 Å². The Kier molecular flexibility index (Phi) is 7.86. The second-order valence-electron chi connectivity index (χ2n) is 8.06. The molecule has 0 aliphatic rings. The minimum absolute atomic E-state index is 0.0449. The van der Waals surface area contributed by atoms with Gasteiger partial charge in [-0.2, -0.15) is 0 Å². The lowest BCUT2D eigenvalue weighted by Crippen LogP contribution is -2.14. The monoisotopic (exact) mass is 450 g/mol. The van der Waals surface area contributed by atoms with Gasteiger partial charge in [0.1, 0.15) is 11.5 Å². The summed E-state index contributed by atoms with van der Waals surface area (Å²) in [6, 6.07) is 35.2. The summed E-state index contributed by atoms with van der Waals surface area (Å²) in [6.07, 6.45) is 1.54. The first-order valence-corrected chi connectivity index (χ1v) is 11.3. The molecule has 0 aliphatic carbocycles. The van der Waals surface area contributed by atoms with Crippen molar-refractivity contribution in [2.45, 2.75) is 25.7 Å². The molecule has 0 aromatic heterocycles. The predicted molar refractivity (Wildman–Crippen MR) is 132 cm³/mol. The van der Waals surface area contributed by atoms with Gasteiger partial charge in [-0.1, -0.05) is 84.9 Å². The third-order valence-corrected chi connectivity index (χ3v) is 5.35. The van der Waals surface area contributed by atoms with Gasteiger partial charge in [-0.05, 0) is 59.4 Å². The second kappa shape index (κ2) is 11.6. The van der Waals surface area contributed by atoms with E-state index in [0.717, 1.165) is 24.0 Å². The SMILES string of the molecule is O=C(CCC(=O)Oc1ccc(Cc2ccccc2)cc1)Oc1ccc(Cc2ccccc2)cc1. The first kappa shape index (κ1) is 23.0. The van der Waals surface area contributed by atoms with Crippen LogP contribution in [0, 0.1) is 0 Å². The molecule has 4 nitrogen and oxygen atoms in total. The van der Waals surface area contributed by atoms with E-state index in [2.05, 4.69) is 24.3 Å². The largest absolute Gasteiger partial charge is 0.427 e. The number of esters is 2. The van der Waals surface area contributed by atoms with Crippen LogP contribution in [0.5, 0.6) is 11.5 Å². The van der Waals surface area contributed by atoms with Gasteiger partial charge < -0.3 is 9.47 Å². The van der Waals surface area contributed by atoms with E-state index in [0.29, 0.717) is 11.5 Å². The summed E-state index contributed by atoms with van der Waals surface area (Å²) in [6.45, 7) is 0. The third-order valence-electron chi connectivity index (χ3n) is 5.35. The van der Waals surface area contributed by atoms with Crippen LogP contribution in [0.25, 0.3) is 0 Å². The van der Waals surface area contributed by atoms with Crippen molar-refractivity contribution in [1.82, 2.24) is 0 Å². The quantitative estimate of drug-likeness (QED) is 0.226. The Morgan fingerprint density at radius 2 is 0.765 bits per heavy atom. The van der Waals surface area contributed by atoms with Gasteiger partial charge in [0.05, 0.1) is 12.8 Å². The lowest BCUT2D eigenvalue weighted by molar-refractivity contribution is -0.140. The Labute approximate surface area is 199 Å². The predicted octanol–water partition coefficient (Wildman–Crippen LogP) is 6.16. The number of rotatable bonds is 9. The molecule has 34 heavy (non-hydrogen) atoms. The second-order valence-corrected chi connectivity index (χ2v) is 8.06. The topological polar surface area (TPSA) is 52.6 Å². The molecular formula is C30H26O4. The molecule has 4 aromatic rings. The molecule has 0 fully saturated rings.